The summed E-state index contributed by atoms with van der Waals surface area (Å²) in [4.78, 5) is 45.7. The largest absolute Gasteiger partial charge is 0.494 e. The number of hydrogen-bond acceptors (Lipinski definition) is 8. The van der Waals surface area contributed by atoms with Gasteiger partial charge in [0.2, 0.25) is 5.76 Å². The van der Waals surface area contributed by atoms with Crippen molar-refractivity contribution in [1.82, 2.24) is 4.98 Å². The van der Waals surface area contributed by atoms with E-state index < -0.39 is 29.2 Å². The number of rotatable bonds is 7. The average Bonchev–Trinajstić information content (AvgIpc) is 3.41. The van der Waals surface area contributed by atoms with Crippen LogP contribution >= 0.6 is 11.3 Å². The van der Waals surface area contributed by atoms with Crippen LogP contribution in [0.15, 0.2) is 51.7 Å². The summed E-state index contributed by atoms with van der Waals surface area (Å²) in [5, 5.41) is 0.227. The molecule has 2 aromatic carbocycles. The van der Waals surface area contributed by atoms with Gasteiger partial charge in [0.25, 0.3) is 5.91 Å². The third-order valence-electron chi connectivity index (χ3n) is 6.13. The van der Waals surface area contributed by atoms with Crippen molar-refractivity contribution in [3.63, 3.8) is 0 Å². The molecule has 3 heterocycles. The number of fused-ring (bicyclic) bond motifs is 2. The number of thiazole rings is 1. The Morgan fingerprint density at radius 3 is 2.78 bits per heavy atom. The second-order valence-electron chi connectivity index (χ2n) is 8.57. The number of ether oxygens (including phenoxy) is 2. The summed E-state index contributed by atoms with van der Waals surface area (Å²) < 4.78 is 30.6. The van der Waals surface area contributed by atoms with Gasteiger partial charge in [0.1, 0.15) is 22.0 Å². The van der Waals surface area contributed by atoms with Crippen LogP contribution in [0.5, 0.6) is 5.75 Å². The number of benzene rings is 2. The number of nitrogens with zero attached hydrogens (tertiary/aromatic N) is 2. The first-order chi connectivity index (χ1) is 17.8. The van der Waals surface area contributed by atoms with Crippen molar-refractivity contribution < 1.29 is 27.9 Å². The Hall–Kier alpha value is -4.05. The van der Waals surface area contributed by atoms with E-state index in [1.54, 1.807) is 31.2 Å². The molecule has 0 fully saturated rings. The van der Waals surface area contributed by atoms with E-state index in [0.717, 1.165) is 36.3 Å². The number of aromatic nitrogens is 1. The number of unbranched alkanes of at least 4 members (excludes halogenated alkanes) is 1. The van der Waals surface area contributed by atoms with Gasteiger partial charge in [0.05, 0.1) is 36.4 Å². The highest BCUT2D eigenvalue weighted by molar-refractivity contribution is 7.17. The molecule has 8 nitrogen and oxygen atoms in total. The molecule has 0 saturated heterocycles. The Labute approximate surface area is 215 Å². The van der Waals surface area contributed by atoms with Crippen molar-refractivity contribution in [2.24, 2.45) is 0 Å². The molecule has 1 amide bonds. The van der Waals surface area contributed by atoms with Gasteiger partial charge in [0.15, 0.2) is 10.6 Å². The number of halogens is 1. The maximum absolute atomic E-state index is 14.0. The molecule has 0 saturated carbocycles. The van der Waals surface area contributed by atoms with Crippen LogP contribution in [0.25, 0.3) is 11.0 Å². The summed E-state index contributed by atoms with van der Waals surface area (Å²) in [6.07, 6.45) is 1.84. The average molecular weight is 523 g/mol. The zero-order valence-corrected chi connectivity index (χ0v) is 21.2. The van der Waals surface area contributed by atoms with E-state index in [9.17, 15) is 18.8 Å². The predicted octanol–water partition coefficient (Wildman–Crippen LogP) is 5.41. The first kappa shape index (κ1) is 24.6. The molecule has 0 bridgehead atoms. The van der Waals surface area contributed by atoms with Crippen molar-refractivity contribution >= 4 is 39.3 Å². The number of hydrogen-bond donors (Lipinski definition) is 0. The summed E-state index contributed by atoms with van der Waals surface area (Å²) in [7, 11) is 1.26. The topological polar surface area (TPSA) is 98.9 Å². The minimum Gasteiger partial charge on any atom is -0.494 e. The second-order valence-corrected chi connectivity index (χ2v) is 9.55. The van der Waals surface area contributed by atoms with Gasteiger partial charge >= 0.3 is 5.97 Å². The van der Waals surface area contributed by atoms with Crippen molar-refractivity contribution in [2.75, 3.05) is 18.6 Å². The molecule has 0 N–H and O–H groups in total. The lowest BCUT2D eigenvalue weighted by Gasteiger charge is -2.23. The van der Waals surface area contributed by atoms with Gasteiger partial charge in [-0.3, -0.25) is 14.5 Å². The van der Waals surface area contributed by atoms with Crippen LogP contribution in [-0.4, -0.2) is 30.6 Å². The fourth-order valence-corrected chi connectivity index (χ4v) is 5.35. The summed E-state index contributed by atoms with van der Waals surface area (Å²) in [6.45, 7) is 4.21. The minimum atomic E-state index is -0.933. The molecule has 190 valence electrons. The molecule has 2 aromatic heterocycles. The van der Waals surface area contributed by atoms with Crippen molar-refractivity contribution in [1.29, 1.82) is 0 Å². The van der Waals surface area contributed by atoms with Gasteiger partial charge in [-0.05, 0) is 49.2 Å². The third-order valence-corrected chi connectivity index (χ3v) is 7.27. The lowest BCUT2D eigenvalue weighted by molar-refractivity contribution is 0.0605. The van der Waals surface area contributed by atoms with Gasteiger partial charge in [-0.25, -0.2) is 14.2 Å². The van der Waals surface area contributed by atoms with Crippen LogP contribution in [0.2, 0.25) is 0 Å². The molecule has 1 unspecified atom stereocenters. The van der Waals surface area contributed by atoms with E-state index in [0.29, 0.717) is 23.6 Å². The van der Waals surface area contributed by atoms with E-state index in [1.807, 2.05) is 0 Å². The fourth-order valence-electron chi connectivity index (χ4n) is 4.33. The number of carbonyl (C=O) groups excluding carboxylic acids is 2. The highest BCUT2D eigenvalue weighted by atomic mass is 32.1. The quantitative estimate of drug-likeness (QED) is 0.236. The Kier molecular flexibility index (Phi) is 6.51. The standard InChI is InChI=1S/C27H23FN2O6S/c1-4-5-11-35-17-8-6-7-15(12-17)21-20-22(31)18-13-16(28)9-10-19(18)36-23(20)25(32)30(21)27-29-14(2)24(37-27)26(33)34-3/h6-10,12-13,21H,4-5,11H2,1-3H3. The van der Waals surface area contributed by atoms with Crippen LogP contribution in [0.3, 0.4) is 0 Å². The molecule has 4 aromatic rings. The van der Waals surface area contributed by atoms with Gasteiger partial charge in [-0.15, -0.1) is 0 Å². The second kappa shape index (κ2) is 9.78. The molecule has 10 heteroatoms. The molecular formula is C27H23FN2O6S. The van der Waals surface area contributed by atoms with Crippen molar-refractivity contribution in [3.8, 4) is 5.75 Å². The molecule has 1 atom stereocenters. The number of aryl methyl sites for hydroxylation is 1. The van der Waals surface area contributed by atoms with E-state index in [1.165, 1.54) is 18.1 Å². The first-order valence-corrected chi connectivity index (χ1v) is 12.5. The summed E-state index contributed by atoms with van der Waals surface area (Å²) in [6, 6.07) is 9.74. The molecule has 5 rings (SSSR count). The van der Waals surface area contributed by atoms with E-state index in [-0.39, 0.29) is 32.3 Å². The maximum Gasteiger partial charge on any atom is 0.350 e. The van der Waals surface area contributed by atoms with Crippen LogP contribution in [0, 0.1) is 12.7 Å². The molecule has 1 aliphatic heterocycles. The van der Waals surface area contributed by atoms with Gasteiger partial charge in [-0.1, -0.05) is 36.8 Å². The smallest absolute Gasteiger partial charge is 0.350 e. The number of anilines is 1. The summed E-state index contributed by atoms with van der Waals surface area (Å²) in [5.74, 6) is -1.34. The highest BCUT2D eigenvalue weighted by Gasteiger charge is 2.45. The van der Waals surface area contributed by atoms with Gasteiger partial charge < -0.3 is 13.9 Å². The minimum absolute atomic E-state index is 0.0271. The van der Waals surface area contributed by atoms with Crippen LogP contribution in [0.4, 0.5) is 9.52 Å². The Bertz CT molecular complexity index is 1590. The predicted molar refractivity (Wildman–Crippen MR) is 136 cm³/mol. The van der Waals surface area contributed by atoms with Crippen LogP contribution in [-0.2, 0) is 4.74 Å². The third kappa shape index (κ3) is 4.27. The summed E-state index contributed by atoms with van der Waals surface area (Å²) in [5.41, 5.74) is 0.618. The van der Waals surface area contributed by atoms with E-state index in [2.05, 4.69) is 11.9 Å². The highest BCUT2D eigenvalue weighted by Crippen LogP contribution is 2.43. The normalized spacial score (nSPS) is 14.8. The monoisotopic (exact) mass is 522 g/mol. The van der Waals surface area contributed by atoms with Crippen molar-refractivity contribution in [3.05, 3.63) is 86.0 Å². The Morgan fingerprint density at radius 1 is 1.22 bits per heavy atom. The molecule has 0 aliphatic carbocycles. The number of esters is 1. The van der Waals surface area contributed by atoms with E-state index in [4.69, 9.17) is 13.9 Å². The lowest BCUT2D eigenvalue weighted by atomic mass is 9.98. The van der Waals surface area contributed by atoms with Crippen LogP contribution in [0.1, 0.15) is 62.9 Å². The lowest BCUT2D eigenvalue weighted by Crippen LogP contribution is -2.29. The number of amides is 1. The first-order valence-electron chi connectivity index (χ1n) is 11.7. The Morgan fingerprint density at radius 2 is 2.03 bits per heavy atom. The SMILES string of the molecule is CCCCOc1cccc(C2c3c(oc4ccc(F)cc4c3=O)C(=O)N2c2nc(C)c(C(=O)OC)s2)c1. The zero-order valence-electron chi connectivity index (χ0n) is 20.4. The molecular weight excluding hydrogens is 499 g/mol. The molecule has 1 aliphatic rings. The van der Waals surface area contributed by atoms with E-state index >= 15 is 0 Å². The molecule has 0 radical (unpaired) electrons. The molecule has 37 heavy (non-hydrogen) atoms. The van der Waals surface area contributed by atoms with Gasteiger partial charge in [-0.2, -0.15) is 0 Å². The fraction of sp³-hybridized carbons (Fsp3) is 0.259. The summed E-state index contributed by atoms with van der Waals surface area (Å²) >= 11 is 0.980. The van der Waals surface area contributed by atoms with Crippen molar-refractivity contribution in [2.45, 2.75) is 32.7 Å². The van der Waals surface area contributed by atoms with Gasteiger partial charge in [0, 0.05) is 0 Å². The number of methoxy groups -OCH3 is 1. The van der Waals surface area contributed by atoms with Crippen LogP contribution < -0.4 is 15.1 Å². The number of carbonyl (C=O) groups is 2. The zero-order chi connectivity index (χ0) is 26.3. The molecule has 0 spiro atoms. The Balaban J connectivity index is 1.72. The maximum atomic E-state index is 14.0.